The number of aliphatic hydroxyl groups is 1. The molecule has 0 spiro atoms. The standard InChI is InChI=1S/C26H44O4Si/c1-18(22(28)15-17-25(6,7)30-31(9,10)24(3,4)5)20-13-14-21-23(29-19(2)27)12-11-16-26(20,21)8/h13,18,21-23,28H,11-12,14,16H2,1-10H3/t18-,21-,22?,23-,26+/m0/s1. The van der Waals surface area contributed by atoms with Gasteiger partial charge in [0.25, 0.3) is 0 Å². The van der Waals surface area contributed by atoms with Crippen LogP contribution in [0.2, 0.25) is 18.1 Å². The van der Waals surface area contributed by atoms with Crippen LogP contribution in [-0.2, 0) is 14.0 Å². The van der Waals surface area contributed by atoms with Gasteiger partial charge in [-0.15, -0.1) is 0 Å². The Kier molecular flexibility index (Phi) is 7.63. The molecule has 0 bridgehead atoms. The zero-order valence-corrected chi connectivity index (χ0v) is 22.4. The Morgan fingerprint density at radius 2 is 1.90 bits per heavy atom. The summed E-state index contributed by atoms with van der Waals surface area (Å²) in [6.45, 7) is 20.9. The van der Waals surface area contributed by atoms with Crippen molar-refractivity contribution in [2.75, 3.05) is 0 Å². The summed E-state index contributed by atoms with van der Waals surface area (Å²) in [6.07, 6.45) is 5.40. The fourth-order valence-electron chi connectivity index (χ4n) is 5.14. The summed E-state index contributed by atoms with van der Waals surface area (Å²) in [6, 6.07) is 0. The van der Waals surface area contributed by atoms with Gasteiger partial charge in [0, 0.05) is 18.8 Å². The second-order valence-corrected chi connectivity index (χ2v) is 16.6. The lowest BCUT2D eigenvalue weighted by molar-refractivity contribution is -0.153. The number of hydrogen-bond donors (Lipinski definition) is 1. The third kappa shape index (κ3) is 5.83. The zero-order valence-electron chi connectivity index (χ0n) is 21.4. The molecule has 1 N–H and O–H groups in total. The maximum atomic E-state index is 11.6. The van der Waals surface area contributed by atoms with Gasteiger partial charge < -0.3 is 14.3 Å². The lowest BCUT2D eigenvalue weighted by atomic mass is 9.62. The number of aliphatic hydroxyl groups excluding tert-OH is 1. The van der Waals surface area contributed by atoms with E-state index >= 15 is 0 Å². The lowest BCUT2D eigenvalue weighted by Crippen LogP contribution is -2.47. The van der Waals surface area contributed by atoms with Gasteiger partial charge in [-0.05, 0) is 63.1 Å². The first-order chi connectivity index (χ1) is 14.0. The number of fused-ring (bicyclic) bond motifs is 1. The van der Waals surface area contributed by atoms with Crippen molar-refractivity contribution in [2.45, 2.75) is 117 Å². The Morgan fingerprint density at radius 1 is 1.29 bits per heavy atom. The summed E-state index contributed by atoms with van der Waals surface area (Å²) in [7, 11) is -1.96. The first-order valence-corrected chi connectivity index (χ1v) is 14.7. The molecule has 0 aromatic heterocycles. The third-order valence-electron chi connectivity index (χ3n) is 7.82. The highest BCUT2D eigenvalue weighted by Gasteiger charge is 2.50. The van der Waals surface area contributed by atoms with Gasteiger partial charge in [-0.3, -0.25) is 4.79 Å². The second kappa shape index (κ2) is 9.04. The van der Waals surface area contributed by atoms with Gasteiger partial charge in [0.2, 0.25) is 0 Å². The first kappa shape index (κ1) is 26.2. The molecule has 1 unspecified atom stereocenters. The predicted octanol–water partition coefficient (Wildman–Crippen LogP) is 5.86. The van der Waals surface area contributed by atoms with Gasteiger partial charge in [0.15, 0.2) is 8.32 Å². The second-order valence-electron chi connectivity index (χ2n) is 11.8. The van der Waals surface area contributed by atoms with Crippen LogP contribution in [-0.4, -0.2) is 37.2 Å². The molecule has 4 nitrogen and oxygen atoms in total. The smallest absolute Gasteiger partial charge is 0.302 e. The molecule has 176 valence electrons. The van der Waals surface area contributed by atoms with Crippen molar-refractivity contribution in [3.63, 3.8) is 0 Å². The van der Waals surface area contributed by atoms with Gasteiger partial charge in [0.1, 0.15) is 17.8 Å². The van der Waals surface area contributed by atoms with Crippen molar-refractivity contribution in [3.05, 3.63) is 11.6 Å². The monoisotopic (exact) mass is 448 g/mol. The number of carbonyl (C=O) groups is 1. The van der Waals surface area contributed by atoms with Crippen LogP contribution in [0, 0.1) is 29.1 Å². The van der Waals surface area contributed by atoms with Gasteiger partial charge in [-0.1, -0.05) is 58.1 Å². The number of rotatable bonds is 5. The van der Waals surface area contributed by atoms with Crippen molar-refractivity contribution in [2.24, 2.45) is 17.3 Å². The highest BCUT2D eigenvalue weighted by molar-refractivity contribution is 6.74. The molecular formula is C26H44O4Si. The minimum absolute atomic E-state index is 0.0302. The number of esters is 1. The van der Waals surface area contributed by atoms with E-state index in [0.29, 0.717) is 5.92 Å². The minimum atomic E-state index is -1.96. The van der Waals surface area contributed by atoms with Crippen LogP contribution in [0.1, 0.15) is 81.1 Å². The van der Waals surface area contributed by atoms with Crippen LogP contribution in [0.3, 0.4) is 0 Å². The summed E-state index contributed by atoms with van der Waals surface area (Å²) in [4.78, 5) is 11.6. The van der Waals surface area contributed by atoms with Crippen molar-refractivity contribution >= 4 is 14.3 Å². The van der Waals surface area contributed by atoms with Gasteiger partial charge in [0.05, 0.1) is 0 Å². The molecule has 0 amide bonds. The van der Waals surface area contributed by atoms with Crippen LogP contribution in [0.25, 0.3) is 0 Å². The van der Waals surface area contributed by atoms with E-state index in [1.54, 1.807) is 0 Å². The Morgan fingerprint density at radius 3 is 2.45 bits per heavy atom. The molecule has 0 radical (unpaired) electrons. The van der Waals surface area contributed by atoms with Crippen LogP contribution < -0.4 is 0 Å². The van der Waals surface area contributed by atoms with Crippen molar-refractivity contribution in [1.29, 1.82) is 0 Å². The SMILES string of the molecule is CC(=O)O[C@H]1CCC[C@]2(C)C([C@H](C)C(O)C#CC(C)(C)O[Si](C)(C)C(C)(C)C)=CC[C@@H]12. The summed E-state index contributed by atoms with van der Waals surface area (Å²) < 4.78 is 12.1. The molecule has 2 aliphatic rings. The maximum absolute atomic E-state index is 11.6. The van der Waals surface area contributed by atoms with Crippen molar-refractivity contribution in [1.82, 2.24) is 0 Å². The third-order valence-corrected chi connectivity index (χ3v) is 12.5. The van der Waals surface area contributed by atoms with Crippen LogP contribution in [0.15, 0.2) is 11.6 Å². The summed E-state index contributed by atoms with van der Waals surface area (Å²) in [5.41, 5.74) is 0.610. The Balaban J connectivity index is 2.14. The number of ether oxygens (including phenoxy) is 1. The largest absolute Gasteiger partial charge is 0.462 e. The molecule has 0 heterocycles. The quantitative estimate of drug-likeness (QED) is 0.248. The van der Waals surface area contributed by atoms with E-state index in [1.165, 1.54) is 12.5 Å². The molecule has 1 fully saturated rings. The molecule has 0 aliphatic heterocycles. The molecule has 0 saturated heterocycles. The van der Waals surface area contributed by atoms with E-state index in [2.05, 4.69) is 65.6 Å². The highest BCUT2D eigenvalue weighted by atomic mass is 28.4. The molecule has 5 atom stereocenters. The average Bonchev–Trinajstić information content (AvgIpc) is 2.94. The van der Waals surface area contributed by atoms with Crippen molar-refractivity contribution in [3.8, 4) is 11.8 Å². The van der Waals surface area contributed by atoms with Crippen LogP contribution in [0.4, 0.5) is 0 Å². The molecule has 2 rings (SSSR count). The first-order valence-electron chi connectivity index (χ1n) is 11.8. The lowest BCUT2D eigenvalue weighted by Gasteiger charge is -2.44. The van der Waals surface area contributed by atoms with E-state index in [1.807, 2.05) is 13.8 Å². The summed E-state index contributed by atoms with van der Waals surface area (Å²) >= 11 is 0. The Labute approximate surface area is 191 Å². The van der Waals surface area contributed by atoms with E-state index in [0.717, 1.165) is 25.7 Å². The number of allylic oxidation sites excluding steroid dienone is 1. The van der Waals surface area contributed by atoms with E-state index in [-0.39, 0.29) is 28.4 Å². The predicted molar refractivity (Wildman–Crippen MR) is 129 cm³/mol. The molecule has 0 aromatic carbocycles. The van der Waals surface area contributed by atoms with Crippen molar-refractivity contribution < 1.29 is 19.1 Å². The van der Waals surface area contributed by atoms with Gasteiger partial charge >= 0.3 is 5.97 Å². The number of carbonyl (C=O) groups excluding carboxylic acids is 1. The van der Waals surface area contributed by atoms with E-state index in [9.17, 15) is 9.90 Å². The Hall–Kier alpha value is -1.09. The fraction of sp³-hybridized carbons (Fsp3) is 0.808. The normalized spacial score (nSPS) is 28.7. The zero-order chi connectivity index (χ0) is 23.8. The molecule has 0 aromatic rings. The fourth-order valence-corrected chi connectivity index (χ4v) is 6.78. The summed E-state index contributed by atoms with van der Waals surface area (Å²) in [5.74, 6) is 6.36. The molecule has 2 aliphatic carbocycles. The molecular weight excluding hydrogens is 404 g/mol. The topological polar surface area (TPSA) is 55.8 Å². The van der Waals surface area contributed by atoms with Crippen LogP contribution in [0.5, 0.6) is 0 Å². The molecule has 31 heavy (non-hydrogen) atoms. The average molecular weight is 449 g/mol. The minimum Gasteiger partial charge on any atom is -0.462 e. The summed E-state index contributed by atoms with van der Waals surface area (Å²) in [5, 5.41) is 11.1. The Bertz CT molecular complexity index is 765. The van der Waals surface area contributed by atoms with Crippen LogP contribution >= 0.6 is 0 Å². The van der Waals surface area contributed by atoms with E-state index in [4.69, 9.17) is 9.16 Å². The van der Waals surface area contributed by atoms with Gasteiger partial charge in [-0.2, -0.15) is 0 Å². The highest BCUT2D eigenvalue weighted by Crippen LogP contribution is 2.55. The molecule has 1 saturated carbocycles. The molecule has 5 heteroatoms. The van der Waals surface area contributed by atoms with Gasteiger partial charge in [-0.25, -0.2) is 0 Å². The van der Waals surface area contributed by atoms with E-state index < -0.39 is 20.0 Å². The number of hydrogen-bond acceptors (Lipinski definition) is 4. The maximum Gasteiger partial charge on any atom is 0.302 e.